The van der Waals surface area contributed by atoms with Crippen molar-refractivity contribution in [1.29, 1.82) is 0 Å². The molecule has 0 rings (SSSR count). The summed E-state index contributed by atoms with van der Waals surface area (Å²) in [6.45, 7) is 10.8. The minimum atomic E-state index is 0.237. The second-order valence-electron chi connectivity index (χ2n) is 5.12. The van der Waals surface area contributed by atoms with Gasteiger partial charge in [-0.2, -0.15) is 0 Å². The highest BCUT2D eigenvalue weighted by Gasteiger charge is 2.19. The lowest BCUT2D eigenvalue weighted by Gasteiger charge is -2.18. The first-order valence-corrected chi connectivity index (χ1v) is 6.55. The number of carbonyl (C=O) groups excluding carboxylic acids is 1. The Hall–Kier alpha value is -0.330. The molecule has 2 unspecified atom stereocenters. The van der Waals surface area contributed by atoms with Gasteiger partial charge in [-0.15, -0.1) is 0 Å². The highest BCUT2D eigenvalue weighted by Crippen LogP contribution is 2.21. The maximum absolute atomic E-state index is 11.9. The third-order valence-electron chi connectivity index (χ3n) is 3.54. The van der Waals surface area contributed by atoms with Crippen molar-refractivity contribution in [3.05, 3.63) is 0 Å². The molecule has 0 aromatic heterocycles. The summed E-state index contributed by atoms with van der Waals surface area (Å²) in [6.07, 6.45) is 5.68. The molecule has 0 heterocycles. The van der Waals surface area contributed by atoms with Crippen LogP contribution in [-0.4, -0.2) is 5.78 Å². The van der Waals surface area contributed by atoms with Crippen molar-refractivity contribution in [1.82, 2.24) is 0 Å². The predicted molar refractivity (Wildman–Crippen MR) is 66.9 cm³/mol. The van der Waals surface area contributed by atoms with Crippen LogP contribution in [0.2, 0.25) is 0 Å². The third kappa shape index (κ3) is 5.96. The lowest BCUT2D eigenvalue weighted by Crippen LogP contribution is -2.19. The molecule has 0 fully saturated rings. The Labute approximate surface area is 95.6 Å². The summed E-state index contributed by atoms with van der Waals surface area (Å²) < 4.78 is 0. The summed E-state index contributed by atoms with van der Waals surface area (Å²) >= 11 is 0. The van der Waals surface area contributed by atoms with Crippen molar-refractivity contribution in [3.63, 3.8) is 0 Å². The lowest BCUT2D eigenvalue weighted by atomic mass is 9.85. The third-order valence-corrected chi connectivity index (χ3v) is 3.54. The predicted octanol–water partition coefficient (Wildman–Crippen LogP) is 4.45. The van der Waals surface area contributed by atoms with E-state index in [9.17, 15) is 4.79 Å². The van der Waals surface area contributed by atoms with Crippen LogP contribution >= 0.6 is 0 Å². The first-order chi connectivity index (χ1) is 7.02. The minimum Gasteiger partial charge on any atom is -0.299 e. The van der Waals surface area contributed by atoms with Crippen LogP contribution < -0.4 is 0 Å². The molecule has 0 saturated carbocycles. The molecule has 0 radical (unpaired) electrons. The first kappa shape index (κ1) is 14.7. The zero-order valence-corrected chi connectivity index (χ0v) is 11.2. The zero-order valence-electron chi connectivity index (χ0n) is 11.2. The number of hydrogen-bond donors (Lipinski definition) is 0. The average molecular weight is 212 g/mol. The number of unbranched alkanes of at least 4 members (excludes halogenated alkanes) is 1. The summed E-state index contributed by atoms with van der Waals surface area (Å²) in [7, 11) is 0. The topological polar surface area (TPSA) is 17.1 Å². The Morgan fingerprint density at radius 2 is 1.73 bits per heavy atom. The molecular formula is C14H28O. The number of Topliss-reactive ketones (excluding diaryl/α,β-unsaturated/α-hetero) is 1. The second-order valence-corrected chi connectivity index (χ2v) is 5.12. The van der Waals surface area contributed by atoms with Gasteiger partial charge in [-0.1, -0.05) is 60.3 Å². The van der Waals surface area contributed by atoms with Gasteiger partial charge in [0, 0.05) is 12.3 Å². The van der Waals surface area contributed by atoms with Gasteiger partial charge in [0.1, 0.15) is 5.78 Å². The van der Waals surface area contributed by atoms with Gasteiger partial charge < -0.3 is 0 Å². The smallest absolute Gasteiger partial charge is 0.136 e. The molecular weight excluding hydrogens is 184 g/mol. The molecule has 1 nitrogen and oxygen atoms in total. The van der Waals surface area contributed by atoms with Crippen LogP contribution in [0.5, 0.6) is 0 Å². The summed E-state index contributed by atoms with van der Waals surface area (Å²) in [6, 6.07) is 0. The van der Waals surface area contributed by atoms with Crippen LogP contribution in [0.15, 0.2) is 0 Å². The molecule has 15 heavy (non-hydrogen) atoms. The van der Waals surface area contributed by atoms with Crippen LogP contribution in [0.1, 0.15) is 66.7 Å². The van der Waals surface area contributed by atoms with Crippen LogP contribution in [0.3, 0.4) is 0 Å². The van der Waals surface area contributed by atoms with Crippen molar-refractivity contribution in [3.8, 4) is 0 Å². The fourth-order valence-corrected chi connectivity index (χ4v) is 1.79. The number of rotatable bonds is 8. The Balaban J connectivity index is 4.00. The van der Waals surface area contributed by atoms with E-state index >= 15 is 0 Å². The number of carbonyl (C=O) groups is 1. The van der Waals surface area contributed by atoms with Crippen LogP contribution in [0.4, 0.5) is 0 Å². The van der Waals surface area contributed by atoms with Gasteiger partial charge in [-0.25, -0.2) is 0 Å². The second kappa shape index (κ2) is 7.90. The van der Waals surface area contributed by atoms with Crippen molar-refractivity contribution in [2.24, 2.45) is 17.8 Å². The van der Waals surface area contributed by atoms with Gasteiger partial charge in [0.05, 0.1) is 0 Å². The first-order valence-electron chi connectivity index (χ1n) is 6.55. The molecule has 0 amide bonds. The van der Waals surface area contributed by atoms with Crippen LogP contribution in [0.25, 0.3) is 0 Å². The van der Waals surface area contributed by atoms with Gasteiger partial charge in [0.25, 0.3) is 0 Å². The molecule has 2 atom stereocenters. The fraction of sp³-hybridized carbons (Fsp3) is 0.929. The van der Waals surface area contributed by atoms with Crippen molar-refractivity contribution in [2.75, 3.05) is 0 Å². The monoisotopic (exact) mass is 212 g/mol. The molecule has 0 aromatic rings. The maximum atomic E-state index is 11.9. The van der Waals surface area contributed by atoms with Crippen LogP contribution in [-0.2, 0) is 4.79 Å². The van der Waals surface area contributed by atoms with Crippen molar-refractivity contribution >= 4 is 5.78 Å². The zero-order chi connectivity index (χ0) is 11.8. The highest BCUT2D eigenvalue weighted by atomic mass is 16.1. The van der Waals surface area contributed by atoms with E-state index in [-0.39, 0.29) is 5.92 Å². The Morgan fingerprint density at radius 3 is 2.13 bits per heavy atom. The van der Waals surface area contributed by atoms with E-state index < -0.39 is 0 Å². The molecule has 0 saturated heterocycles. The standard InChI is InChI=1S/C14H28O/c1-6-8-9-13(7-2)10-14(15)12(5)11(3)4/h11-13H,6-10H2,1-5H3. The average Bonchev–Trinajstić information content (AvgIpc) is 2.22. The van der Waals surface area contributed by atoms with Crippen molar-refractivity contribution < 1.29 is 4.79 Å². The van der Waals surface area contributed by atoms with Gasteiger partial charge in [0.15, 0.2) is 0 Å². The van der Waals surface area contributed by atoms with E-state index in [2.05, 4.69) is 34.6 Å². The fourth-order valence-electron chi connectivity index (χ4n) is 1.79. The van der Waals surface area contributed by atoms with E-state index in [1.54, 1.807) is 0 Å². The quantitative estimate of drug-likeness (QED) is 0.581. The van der Waals surface area contributed by atoms with E-state index in [0.29, 0.717) is 17.6 Å². The summed E-state index contributed by atoms with van der Waals surface area (Å²) in [5.41, 5.74) is 0. The molecule has 0 N–H and O–H groups in total. The molecule has 0 aliphatic heterocycles. The largest absolute Gasteiger partial charge is 0.299 e. The molecule has 1 heteroatoms. The molecule has 0 aliphatic carbocycles. The molecule has 0 aliphatic rings. The van der Waals surface area contributed by atoms with Crippen LogP contribution in [0, 0.1) is 17.8 Å². The summed E-state index contributed by atoms with van der Waals surface area (Å²) in [4.78, 5) is 11.9. The summed E-state index contributed by atoms with van der Waals surface area (Å²) in [5, 5.41) is 0. The van der Waals surface area contributed by atoms with E-state index in [4.69, 9.17) is 0 Å². The van der Waals surface area contributed by atoms with E-state index in [1.165, 1.54) is 19.3 Å². The molecule has 90 valence electrons. The van der Waals surface area contributed by atoms with E-state index in [1.807, 2.05) is 0 Å². The van der Waals surface area contributed by atoms with Gasteiger partial charge in [-0.3, -0.25) is 4.79 Å². The Bertz CT molecular complexity index is 172. The van der Waals surface area contributed by atoms with Gasteiger partial charge in [0.2, 0.25) is 0 Å². The number of ketones is 1. The number of hydrogen-bond acceptors (Lipinski definition) is 1. The Morgan fingerprint density at radius 1 is 1.13 bits per heavy atom. The van der Waals surface area contributed by atoms with Crippen molar-refractivity contribution in [2.45, 2.75) is 66.7 Å². The highest BCUT2D eigenvalue weighted by molar-refractivity contribution is 5.81. The van der Waals surface area contributed by atoms with Gasteiger partial charge >= 0.3 is 0 Å². The van der Waals surface area contributed by atoms with Gasteiger partial charge in [-0.05, 0) is 11.8 Å². The van der Waals surface area contributed by atoms with E-state index in [0.717, 1.165) is 12.8 Å². The molecule has 0 spiro atoms. The lowest BCUT2D eigenvalue weighted by molar-refractivity contribution is -0.124. The molecule has 0 aromatic carbocycles. The normalized spacial score (nSPS) is 15.3. The molecule has 0 bridgehead atoms. The Kier molecular flexibility index (Phi) is 7.72. The SMILES string of the molecule is CCCCC(CC)CC(=O)C(C)C(C)C. The minimum absolute atomic E-state index is 0.237. The maximum Gasteiger partial charge on any atom is 0.136 e. The summed E-state index contributed by atoms with van der Waals surface area (Å²) in [5.74, 6) is 1.81.